The maximum absolute atomic E-state index is 10.3. The summed E-state index contributed by atoms with van der Waals surface area (Å²) in [4.78, 5) is 10.3. The second-order valence-corrected chi connectivity index (χ2v) is 3.50. The topological polar surface area (TPSA) is 58.6 Å². The van der Waals surface area contributed by atoms with E-state index in [2.05, 4.69) is 5.32 Å². The van der Waals surface area contributed by atoms with E-state index >= 15 is 0 Å². The minimum Gasteiger partial charge on any atom is -0.491 e. The molecule has 15 heavy (non-hydrogen) atoms. The predicted molar refractivity (Wildman–Crippen MR) is 54.9 cm³/mol. The lowest BCUT2D eigenvalue weighted by Gasteiger charge is -2.09. The van der Waals surface area contributed by atoms with Crippen molar-refractivity contribution in [1.29, 1.82) is 0 Å². The van der Waals surface area contributed by atoms with Crippen molar-refractivity contribution < 1.29 is 14.6 Å². The standard InChI is InChI=1S/C11H13NO3/c13-11(14)5-6-12-9-7-15-10-4-2-1-3-8(9)10/h1-4,9,12H,5-7H2,(H,13,14). The van der Waals surface area contributed by atoms with Crippen molar-refractivity contribution in [3.63, 3.8) is 0 Å². The number of rotatable bonds is 4. The third-order valence-electron chi connectivity index (χ3n) is 2.43. The third kappa shape index (κ3) is 2.27. The molecular weight excluding hydrogens is 194 g/mol. The average molecular weight is 207 g/mol. The molecule has 2 N–H and O–H groups in total. The quantitative estimate of drug-likeness (QED) is 0.778. The van der Waals surface area contributed by atoms with Gasteiger partial charge >= 0.3 is 5.97 Å². The summed E-state index contributed by atoms with van der Waals surface area (Å²) in [5.74, 6) is 0.111. The van der Waals surface area contributed by atoms with Gasteiger partial charge in [0.2, 0.25) is 0 Å². The molecule has 0 aromatic heterocycles. The number of carbonyl (C=O) groups is 1. The van der Waals surface area contributed by atoms with Gasteiger partial charge in [-0.3, -0.25) is 4.79 Å². The van der Waals surface area contributed by atoms with Gasteiger partial charge in [-0.15, -0.1) is 0 Å². The van der Waals surface area contributed by atoms with Crippen LogP contribution in [-0.4, -0.2) is 24.2 Å². The molecule has 4 nitrogen and oxygen atoms in total. The molecule has 4 heteroatoms. The molecule has 1 aliphatic rings. The number of para-hydroxylation sites is 1. The van der Waals surface area contributed by atoms with Crippen LogP contribution in [0.15, 0.2) is 24.3 Å². The zero-order valence-corrected chi connectivity index (χ0v) is 8.27. The van der Waals surface area contributed by atoms with Crippen LogP contribution in [0.4, 0.5) is 0 Å². The Morgan fingerprint density at radius 3 is 3.13 bits per heavy atom. The van der Waals surface area contributed by atoms with E-state index in [-0.39, 0.29) is 12.5 Å². The SMILES string of the molecule is O=C(O)CCNC1COc2ccccc21. The van der Waals surface area contributed by atoms with Crippen molar-refractivity contribution in [2.75, 3.05) is 13.2 Å². The molecule has 0 saturated heterocycles. The molecule has 1 aromatic rings. The molecule has 1 atom stereocenters. The van der Waals surface area contributed by atoms with Crippen molar-refractivity contribution in [3.8, 4) is 5.75 Å². The van der Waals surface area contributed by atoms with Crippen molar-refractivity contribution >= 4 is 5.97 Å². The van der Waals surface area contributed by atoms with Gasteiger partial charge in [-0.05, 0) is 6.07 Å². The van der Waals surface area contributed by atoms with Crippen LogP contribution in [-0.2, 0) is 4.79 Å². The van der Waals surface area contributed by atoms with E-state index in [4.69, 9.17) is 9.84 Å². The monoisotopic (exact) mass is 207 g/mol. The van der Waals surface area contributed by atoms with Gasteiger partial charge in [-0.1, -0.05) is 18.2 Å². The summed E-state index contributed by atoms with van der Waals surface area (Å²) in [6, 6.07) is 7.94. The Morgan fingerprint density at radius 2 is 2.33 bits per heavy atom. The van der Waals surface area contributed by atoms with Crippen LogP contribution in [0.1, 0.15) is 18.0 Å². The van der Waals surface area contributed by atoms with Crippen LogP contribution < -0.4 is 10.1 Å². The molecule has 0 spiro atoms. The molecule has 2 rings (SSSR count). The smallest absolute Gasteiger partial charge is 0.304 e. The van der Waals surface area contributed by atoms with Gasteiger partial charge in [0, 0.05) is 12.1 Å². The Hall–Kier alpha value is -1.55. The number of benzene rings is 1. The van der Waals surface area contributed by atoms with Crippen LogP contribution in [0.3, 0.4) is 0 Å². The van der Waals surface area contributed by atoms with Crippen molar-refractivity contribution in [1.82, 2.24) is 5.32 Å². The van der Waals surface area contributed by atoms with Crippen LogP contribution >= 0.6 is 0 Å². The highest BCUT2D eigenvalue weighted by molar-refractivity contribution is 5.66. The predicted octanol–water partition coefficient (Wildman–Crippen LogP) is 1.18. The van der Waals surface area contributed by atoms with E-state index in [1.54, 1.807) is 0 Å². The molecule has 1 unspecified atom stereocenters. The first-order chi connectivity index (χ1) is 7.27. The number of fused-ring (bicyclic) bond motifs is 1. The van der Waals surface area contributed by atoms with E-state index in [9.17, 15) is 4.79 Å². The second kappa shape index (κ2) is 4.31. The molecule has 1 heterocycles. The number of carboxylic acids is 1. The van der Waals surface area contributed by atoms with E-state index in [0.29, 0.717) is 13.2 Å². The second-order valence-electron chi connectivity index (χ2n) is 3.50. The lowest BCUT2D eigenvalue weighted by atomic mass is 10.1. The highest BCUT2D eigenvalue weighted by Crippen LogP contribution is 2.31. The number of hydrogen-bond acceptors (Lipinski definition) is 3. The molecule has 0 amide bonds. The molecule has 80 valence electrons. The molecule has 0 aliphatic carbocycles. The normalized spacial score (nSPS) is 18.3. The summed E-state index contributed by atoms with van der Waals surface area (Å²) < 4.78 is 5.46. The zero-order chi connectivity index (χ0) is 10.7. The van der Waals surface area contributed by atoms with Gasteiger partial charge in [0.25, 0.3) is 0 Å². The van der Waals surface area contributed by atoms with Gasteiger partial charge in [-0.25, -0.2) is 0 Å². The summed E-state index contributed by atoms with van der Waals surface area (Å²) in [6.45, 7) is 1.05. The minimum absolute atomic E-state index is 0.126. The van der Waals surface area contributed by atoms with Gasteiger partial charge in [0.05, 0.1) is 12.5 Å². The van der Waals surface area contributed by atoms with Crippen LogP contribution in [0.2, 0.25) is 0 Å². The number of carboxylic acid groups (broad SMARTS) is 1. The van der Waals surface area contributed by atoms with Crippen LogP contribution in [0.5, 0.6) is 5.75 Å². The van der Waals surface area contributed by atoms with Gasteiger partial charge < -0.3 is 15.2 Å². The van der Waals surface area contributed by atoms with E-state index in [1.807, 2.05) is 24.3 Å². The van der Waals surface area contributed by atoms with Crippen molar-refractivity contribution in [2.24, 2.45) is 0 Å². The zero-order valence-electron chi connectivity index (χ0n) is 8.27. The Bertz CT molecular complexity index is 365. The number of aliphatic carboxylic acids is 1. The fourth-order valence-electron chi connectivity index (χ4n) is 1.68. The number of hydrogen-bond donors (Lipinski definition) is 2. The maximum Gasteiger partial charge on any atom is 0.304 e. The first-order valence-electron chi connectivity index (χ1n) is 4.94. The molecule has 0 radical (unpaired) electrons. The van der Waals surface area contributed by atoms with Gasteiger partial charge in [0.1, 0.15) is 12.4 Å². The maximum atomic E-state index is 10.3. The molecule has 1 aromatic carbocycles. The fraction of sp³-hybridized carbons (Fsp3) is 0.364. The van der Waals surface area contributed by atoms with Crippen molar-refractivity contribution in [3.05, 3.63) is 29.8 Å². The third-order valence-corrected chi connectivity index (χ3v) is 2.43. The summed E-state index contributed by atoms with van der Waals surface area (Å²) in [5.41, 5.74) is 1.11. The minimum atomic E-state index is -0.783. The summed E-state index contributed by atoms with van der Waals surface area (Å²) >= 11 is 0. The summed E-state index contributed by atoms with van der Waals surface area (Å²) in [5, 5.41) is 11.7. The Kier molecular flexibility index (Phi) is 2.87. The lowest BCUT2D eigenvalue weighted by molar-refractivity contribution is -0.136. The average Bonchev–Trinajstić information content (AvgIpc) is 2.62. The molecule has 0 fully saturated rings. The van der Waals surface area contributed by atoms with Crippen LogP contribution in [0, 0.1) is 0 Å². The first kappa shape index (κ1) is 9.98. The van der Waals surface area contributed by atoms with E-state index in [0.717, 1.165) is 11.3 Å². The molecule has 0 saturated carbocycles. The highest BCUT2D eigenvalue weighted by atomic mass is 16.5. The largest absolute Gasteiger partial charge is 0.491 e. The number of nitrogens with one attached hydrogen (secondary N) is 1. The van der Waals surface area contributed by atoms with E-state index < -0.39 is 5.97 Å². The lowest BCUT2D eigenvalue weighted by Crippen LogP contribution is -2.25. The summed E-state index contributed by atoms with van der Waals surface area (Å²) in [7, 11) is 0. The molecule has 0 bridgehead atoms. The van der Waals surface area contributed by atoms with Crippen LogP contribution in [0.25, 0.3) is 0 Å². The molecular formula is C11H13NO3. The Balaban J connectivity index is 1.93. The van der Waals surface area contributed by atoms with Gasteiger partial charge in [-0.2, -0.15) is 0 Å². The van der Waals surface area contributed by atoms with E-state index in [1.165, 1.54) is 0 Å². The summed E-state index contributed by atoms with van der Waals surface area (Å²) in [6.07, 6.45) is 0.138. The highest BCUT2D eigenvalue weighted by Gasteiger charge is 2.22. The number of ether oxygens (including phenoxy) is 1. The fourth-order valence-corrected chi connectivity index (χ4v) is 1.68. The first-order valence-corrected chi connectivity index (χ1v) is 4.94. The molecule has 1 aliphatic heterocycles. The Morgan fingerprint density at radius 1 is 1.53 bits per heavy atom. The Labute approximate surface area is 87.9 Å². The van der Waals surface area contributed by atoms with Crippen molar-refractivity contribution in [2.45, 2.75) is 12.5 Å². The van der Waals surface area contributed by atoms with Gasteiger partial charge in [0.15, 0.2) is 0 Å².